The van der Waals surface area contributed by atoms with Crippen LogP contribution in [0.2, 0.25) is 0 Å². The van der Waals surface area contributed by atoms with Crippen LogP contribution in [0.15, 0.2) is 0 Å². The minimum Gasteiger partial charge on any atom is -0.383 e. The third-order valence-corrected chi connectivity index (χ3v) is 0.556. The first-order valence-corrected chi connectivity index (χ1v) is 4.46. The average Bonchev–Trinajstić information content (AvgIpc) is 2.06. The Labute approximate surface area is 72.3 Å². The molecule has 2 nitrogen and oxygen atoms in total. The van der Waals surface area contributed by atoms with Gasteiger partial charge in [-0.05, 0) is 7.05 Å². The molecule has 0 aromatic rings. The van der Waals surface area contributed by atoms with E-state index in [1.54, 1.807) is 7.11 Å². The molecule has 1 N–H and O–H groups in total. The van der Waals surface area contributed by atoms with E-state index in [9.17, 15) is 0 Å². The van der Waals surface area contributed by atoms with Crippen LogP contribution in [0.25, 0.3) is 0 Å². The van der Waals surface area contributed by atoms with Gasteiger partial charge in [0.2, 0.25) is 0 Å². The summed E-state index contributed by atoms with van der Waals surface area (Å²) < 4.78 is 4.72. The lowest BCUT2D eigenvalue weighted by Gasteiger charge is -1.92. The Kier molecular flexibility index (Phi) is 50.8. The van der Waals surface area contributed by atoms with Crippen LogP contribution in [0.5, 0.6) is 0 Å². The van der Waals surface area contributed by atoms with E-state index in [0.29, 0.717) is 0 Å². The zero-order valence-electron chi connectivity index (χ0n) is 9.03. The Morgan fingerprint density at radius 2 is 1.55 bits per heavy atom. The van der Waals surface area contributed by atoms with E-state index in [0.717, 1.165) is 13.2 Å². The number of methoxy groups -OCH3 is 1. The standard InChI is InChI=1S/C4H11NO.C3H8.C2H6/c1-5-3-4-6-2;1-3-2;1-2/h5H,3-4H2,1-2H3;3H2,1-2H3;1-2H3. The molecular weight excluding hydrogens is 138 g/mol. The molecule has 0 spiro atoms. The molecule has 0 aliphatic rings. The molecule has 0 aromatic heterocycles. The molecule has 0 aliphatic carbocycles. The molecule has 0 aromatic carbocycles. The maximum Gasteiger partial charge on any atom is 0.0587 e. The summed E-state index contributed by atoms with van der Waals surface area (Å²) in [5.74, 6) is 0. The van der Waals surface area contributed by atoms with Crippen LogP contribution in [-0.4, -0.2) is 27.3 Å². The molecule has 11 heavy (non-hydrogen) atoms. The van der Waals surface area contributed by atoms with Gasteiger partial charge in [-0.15, -0.1) is 0 Å². The SMILES string of the molecule is CC.CCC.CNCCOC. The minimum atomic E-state index is 0.802. The maximum absolute atomic E-state index is 4.72. The van der Waals surface area contributed by atoms with E-state index in [1.165, 1.54) is 6.42 Å². The van der Waals surface area contributed by atoms with Gasteiger partial charge in [-0.1, -0.05) is 34.1 Å². The maximum atomic E-state index is 4.72. The van der Waals surface area contributed by atoms with Gasteiger partial charge in [-0.3, -0.25) is 0 Å². The van der Waals surface area contributed by atoms with Gasteiger partial charge in [0, 0.05) is 13.7 Å². The van der Waals surface area contributed by atoms with Gasteiger partial charge in [-0.2, -0.15) is 0 Å². The summed E-state index contributed by atoms with van der Waals surface area (Å²) in [6.45, 7) is 9.99. The normalized spacial score (nSPS) is 7.09. The summed E-state index contributed by atoms with van der Waals surface area (Å²) in [5, 5.41) is 2.94. The molecule has 0 saturated carbocycles. The lowest BCUT2D eigenvalue weighted by Crippen LogP contribution is -2.12. The Hall–Kier alpha value is -0.0800. The van der Waals surface area contributed by atoms with E-state index < -0.39 is 0 Å². The third-order valence-electron chi connectivity index (χ3n) is 0.556. The highest BCUT2D eigenvalue weighted by atomic mass is 16.5. The van der Waals surface area contributed by atoms with E-state index in [-0.39, 0.29) is 0 Å². The first-order chi connectivity index (χ1) is 5.33. The van der Waals surface area contributed by atoms with Crippen molar-refractivity contribution in [3.8, 4) is 0 Å². The zero-order valence-corrected chi connectivity index (χ0v) is 9.03. The predicted octanol–water partition coefficient (Wildman–Crippen LogP) is 2.29. The van der Waals surface area contributed by atoms with Crippen molar-refractivity contribution in [2.24, 2.45) is 0 Å². The fraction of sp³-hybridized carbons (Fsp3) is 1.00. The van der Waals surface area contributed by atoms with Crippen LogP contribution < -0.4 is 5.32 Å². The van der Waals surface area contributed by atoms with Crippen LogP contribution in [0.3, 0.4) is 0 Å². The number of likely N-dealkylation sites (N-methyl/N-ethyl adjacent to an activating group) is 1. The highest BCUT2D eigenvalue weighted by Gasteiger charge is 1.72. The quantitative estimate of drug-likeness (QED) is 0.645. The zero-order chi connectivity index (χ0) is 9.54. The molecule has 0 bridgehead atoms. The highest BCUT2D eigenvalue weighted by molar-refractivity contribution is 4.30. The molecule has 0 unspecified atom stereocenters. The second-order valence-electron chi connectivity index (χ2n) is 1.80. The van der Waals surface area contributed by atoms with Gasteiger partial charge in [0.25, 0.3) is 0 Å². The molecule has 0 heterocycles. The van der Waals surface area contributed by atoms with Gasteiger partial charge < -0.3 is 10.1 Å². The highest BCUT2D eigenvalue weighted by Crippen LogP contribution is 1.57. The number of rotatable bonds is 3. The van der Waals surface area contributed by atoms with Gasteiger partial charge in [0.1, 0.15) is 0 Å². The van der Waals surface area contributed by atoms with Crippen molar-refractivity contribution in [3.63, 3.8) is 0 Å². The van der Waals surface area contributed by atoms with Crippen LogP contribution >= 0.6 is 0 Å². The Morgan fingerprint density at radius 1 is 1.18 bits per heavy atom. The summed E-state index contributed by atoms with van der Waals surface area (Å²) in [7, 11) is 3.59. The van der Waals surface area contributed by atoms with Gasteiger partial charge >= 0.3 is 0 Å². The van der Waals surface area contributed by atoms with Crippen molar-refractivity contribution in [1.29, 1.82) is 0 Å². The van der Waals surface area contributed by atoms with Crippen molar-refractivity contribution in [3.05, 3.63) is 0 Å². The Balaban J connectivity index is -0.000000109. The topological polar surface area (TPSA) is 21.3 Å². The second-order valence-corrected chi connectivity index (χ2v) is 1.80. The van der Waals surface area contributed by atoms with Gasteiger partial charge in [0.05, 0.1) is 6.61 Å². The van der Waals surface area contributed by atoms with Crippen LogP contribution in [-0.2, 0) is 4.74 Å². The van der Waals surface area contributed by atoms with E-state index in [2.05, 4.69) is 19.2 Å². The molecule has 0 fully saturated rings. The molecule has 0 rings (SSSR count). The fourth-order valence-corrected chi connectivity index (χ4v) is 0.204. The van der Waals surface area contributed by atoms with Crippen LogP contribution in [0.4, 0.5) is 0 Å². The van der Waals surface area contributed by atoms with Crippen molar-refractivity contribution in [2.45, 2.75) is 34.1 Å². The average molecular weight is 163 g/mol. The fourth-order valence-electron chi connectivity index (χ4n) is 0.204. The summed E-state index contributed by atoms with van der Waals surface area (Å²) in [6.07, 6.45) is 1.25. The van der Waals surface area contributed by atoms with Crippen molar-refractivity contribution < 1.29 is 4.74 Å². The smallest absolute Gasteiger partial charge is 0.0587 e. The van der Waals surface area contributed by atoms with Gasteiger partial charge in [0.15, 0.2) is 0 Å². The van der Waals surface area contributed by atoms with Crippen LogP contribution in [0.1, 0.15) is 34.1 Å². The molecule has 0 atom stereocenters. The van der Waals surface area contributed by atoms with Crippen molar-refractivity contribution in [2.75, 3.05) is 27.3 Å². The first-order valence-electron chi connectivity index (χ1n) is 4.46. The molecular formula is C9H25NO. The molecule has 0 aliphatic heterocycles. The van der Waals surface area contributed by atoms with E-state index in [1.807, 2.05) is 20.9 Å². The number of ether oxygens (including phenoxy) is 1. The summed E-state index contributed by atoms with van der Waals surface area (Å²) in [4.78, 5) is 0. The molecule has 72 valence electrons. The lowest BCUT2D eigenvalue weighted by molar-refractivity contribution is 0.201. The minimum absolute atomic E-state index is 0.802. The lowest BCUT2D eigenvalue weighted by atomic mass is 10.6. The monoisotopic (exact) mass is 163 g/mol. The van der Waals surface area contributed by atoms with Crippen molar-refractivity contribution in [1.82, 2.24) is 5.32 Å². The summed E-state index contributed by atoms with van der Waals surface area (Å²) >= 11 is 0. The largest absolute Gasteiger partial charge is 0.383 e. The van der Waals surface area contributed by atoms with Gasteiger partial charge in [-0.25, -0.2) is 0 Å². The summed E-state index contributed by atoms with van der Waals surface area (Å²) in [6, 6.07) is 0. The first kappa shape index (κ1) is 17.1. The van der Waals surface area contributed by atoms with E-state index in [4.69, 9.17) is 4.74 Å². The summed E-state index contributed by atoms with van der Waals surface area (Å²) in [5.41, 5.74) is 0. The molecule has 0 radical (unpaired) electrons. The molecule has 0 amide bonds. The van der Waals surface area contributed by atoms with Crippen LogP contribution in [0, 0.1) is 0 Å². The Morgan fingerprint density at radius 3 is 1.64 bits per heavy atom. The van der Waals surface area contributed by atoms with Crippen molar-refractivity contribution >= 4 is 0 Å². The predicted molar refractivity (Wildman–Crippen MR) is 53.1 cm³/mol. The Bertz CT molecular complexity index is 28.7. The number of hydrogen-bond acceptors (Lipinski definition) is 2. The van der Waals surface area contributed by atoms with E-state index >= 15 is 0 Å². The molecule has 2 heteroatoms. The molecule has 0 saturated heterocycles. The number of nitrogens with one attached hydrogen (secondary N) is 1. The number of hydrogen-bond donors (Lipinski definition) is 1. The second kappa shape index (κ2) is 32.6. The third kappa shape index (κ3) is 73.0.